The third-order valence-electron chi connectivity index (χ3n) is 6.53. The Balaban J connectivity index is 1.60. The highest BCUT2D eigenvalue weighted by atomic mass is 16.5. The molecule has 0 amide bonds. The van der Waals surface area contributed by atoms with Gasteiger partial charge < -0.3 is 9.72 Å². The van der Waals surface area contributed by atoms with Crippen molar-refractivity contribution in [2.75, 3.05) is 19.7 Å². The number of nitrogens with zero attached hydrogens (tertiary/aromatic N) is 5. The summed E-state index contributed by atoms with van der Waals surface area (Å²) in [6.45, 7) is 5.35. The minimum absolute atomic E-state index is 0.0720. The van der Waals surface area contributed by atoms with Crippen LogP contribution < -0.4 is 5.56 Å². The first-order valence-corrected chi connectivity index (χ1v) is 11.4. The van der Waals surface area contributed by atoms with Gasteiger partial charge in [-0.3, -0.25) is 9.69 Å². The second kappa shape index (κ2) is 8.88. The second-order valence-corrected chi connectivity index (χ2v) is 8.85. The summed E-state index contributed by atoms with van der Waals surface area (Å²) >= 11 is 0. The molecule has 5 rings (SSSR count). The number of aromatic amines is 1. The van der Waals surface area contributed by atoms with Crippen molar-refractivity contribution in [1.29, 1.82) is 0 Å². The maximum absolute atomic E-state index is 13.3. The molecular formula is C23H30N6O2. The molecule has 4 heterocycles. The van der Waals surface area contributed by atoms with Gasteiger partial charge in [-0.1, -0.05) is 24.5 Å². The lowest BCUT2D eigenvalue weighted by Crippen LogP contribution is -2.36. The number of nitrogens with one attached hydrogen (secondary N) is 1. The maximum Gasteiger partial charge on any atom is 0.253 e. The molecule has 2 aliphatic rings. The van der Waals surface area contributed by atoms with Crippen molar-refractivity contribution < 1.29 is 4.74 Å². The summed E-state index contributed by atoms with van der Waals surface area (Å²) in [6.07, 6.45) is 6.90. The average Bonchev–Trinajstić information content (AvgIpc) is 3.36. The van der Waals surface area contributed by atoms with Gasteiger partial charge in [0.05, 0.1) is 12.6 Å². The van der Waals surface area contributed by atoms with Gasteiger partial charge in [0, 0.05) is 17.7 Å². The SMILES string of the molecule is Cc1ccc2[nH]c(=O)c([C@@H](c3nnnn3C[C@@H]3CCCO3)N3CCCCCC3)cc2c1. The van der Waals surface area contributed by atoms with Crippen LogP contribution in [0.5, 0.6) is 0 Å². The Morgan fingerprint density at radius 1 is 1.16 bits per heavy atom. The number of ether oxygens (including phenoxy) is 1. The average molecular weight is 423 g/mol. The highest BCUT2D eigenvalue weighted by molar-refractivity contribution is 5.79. The van der Waals surface area contributed by atoms with Crippen molar-refractivity contribution in [2.45, 2.75) is 64.1 Å². The number of pyridine rings is 1. The lowest BCUT2D eigenvalue weighted by Gasteiger charge is -2.30. The fourth-order valence-corrected chi connectivity index (χ4v) is 4.92. The highest BCUT2D eigenvalue weighted by Gasteiger charge is 2.31. The molecule has 0 radical (unpaired) electrons. The molecule has 0 spiro atoms. The minimum Gasteiger partial charge on any atom is -0.376 e. The number of hydrogen-bond acceptors (Lipinski definition) is 6. The van der Waals surface area contributed by atoms with Gasteiger partial charge >= 0.3 is 0 Å². The number of tetrazole rings is 1. The monoisotopic (exact) mass is 422 g/mol. The maximum atomic E-state index is 13.3. The molecule has 31 heavy (non-hydrogen) atoms. The molecule has 1 aromatic carbocycles. The quantitative estimate of drug-likeness (QED) is 0.680. The molecule has 2 fully saturated rings. The first-order chi connectivity index (χ1) is 15.2. The number of rotatable bonds is 5. The molecule has 8 nitrogen and oxygen atoms in total. The van der Waals surface area contributed by atoms with Crippen LogP contribution in [0.3, 0.4) is 0 Å². The molecule has 0 saturated carbocycles. The van der Waals surface area contributed by atoms with E-state index in [-0.39, 0.29) is 17.7 Å². The fraction of sp³-hybridized carbons (Fsp3) is 0.565. The van der Waals surface area contributed by atoms with Crippen LogP contribution in [-0.4, -0.2) is 55.9 Å². The number of hydrogen-bond donors (Lipinski definition) is 1. The van der Waals surface area contributed by atoms with Crippen LogP contribution in [0, 0.1) is 6.92 Å². The summed E-state index contributed by atoms with van der Waals surface area (Å²) in [5, 5.41) is 13.8. The van der Waals surface area contributed by atoms with Crippen molar-refractivity contribution in [3.8, 4) is 0 Å². The van der Waals surface area contributed by atoms with Gasteiger partial charge in [0.25, 0.3) is 5.56 Å². The smallest absolute Gasteiger partial charge is 0.253 e. The van der Waals surface area contributed by atoms with E-state index in [1.807, 2.05) is 22.9 Å². The Kier molecular flexibility index (Phi) is 5.82. The largest absolute Gasteiger partial charge is 0.376 e. The summed E-state index contributed by atoms with van der Waals surface area (Å²) in [6, 6.07) is 7.86. The Labute approximate surface area is 181 Å². The number of benzene rings is 1. The van der Waals surface area contributed by atoms with Gasteiger partial charge in [-0.15, -0.1) is 5.10 Å². The summed E-state index contributed by atoms with van der Waals surface area (Å²) < 4.78 is 7.68. The third kappa shape index (κ3) is 4.27. The molecule has 0 unspecified atom stereocenters. The summed E-state index contributed by atoms with van der Waals surface area (Å²) in [7, 11) is 0. The molecule has 2 saturated heterocycles. The van der Waals surface area contributed by atoms with E-state index in [4.69, 9.17) is 4.74 Å². The van der Waals surface area contributed by atoms with Crippen LogP contribution in [-0.2, 0) is 11.3 Å². The van der Waals surface area contributed by atoms with Gasteiger partial charge in [0.15, 0.2) is 5.82 Å². The molecule has 2 atom stereocenters. The topological polar surface area (TPSA) is 88.9 Å². The number of fused-ring (bicyclic) bond motifs is 1. The van der Waals surface area contributed by atoms with E-state index in [1.165, 1.54) is 18.4 Å². The first-order valence-electron chi connectivity index (χ1n) is 11.4. The molecule has 0 aliphatic carbocycles. The van der Waals surface area contributed by atoms with Crippen LogP contribution in [0.25, 0.3) is 10.9 Å². The van der Waals surface area contributed by atoms with Crippen LogP contribution in [0.2, 0.25) is 0 Å². The van der Waals surface area contributed by atoms with E-state index >= 15 is 0 Å². The summed E-state index contributed by atoms with van der Waals surface area (Å²) in [5.74, 6) is 0.731. The van der Waals surface area contributed by atoms with Gasteiger partial charge in [0.2, 0.25) is 0 Å². The van der Waals surface area contributed by atoms with Crippen molar-refractivity contribution >= 4 is 10.9 Å². The molecule has 2 aliphatic heterocycles. The number of aryl methyl sites for hydroxylation is 1. The summed E-state index contributed by atoms with van der Waals surface area (Å²) in [5.41, 5.74) is 2.66. The zero-order chi connectivity index (χ0) is 21.2. The Bertz CT molecular complexity index is 1090. The number of H-pyrrole nitrogens is 1. The molecule has 164 valence electrons. The third-order valence-corrected chi connectivity index (χ3v) is 6.53. The lowest BCUT2D eigenvalue weighted by atomic mass is 10.0. The van der Waals surface area contributed by atoms with Crippen molar-refractivity contribution in [3.63, 3.8) is 0 Å². The zero-order valence-corrected chi connectivity index (χ0v) is 18.1. The Morgan fingerprint density at radius 3 is 2.77 bits per heavy atom. The fourth-order valence-electron chi connectivity index (χ4n) is 4.92. The molecule has 3 aromatic rings. The Hall–Kier alpha value is -2.58. The first kappa shape index (κ1) is 20.3. The van der Waals surface area contributed by atoms with Crippen LogP contribution in [0.4, 0.5) is 0 Å². The van der Waals surface area contributed by atoms with E-state index in [1.54, 1.807) is 0 Å². The standard InChI is InChI=1S/C23H30N6O2/c1-16-8-9-20-17(13-16)14-19(23(30)24-20)21(28-10-4-2-3-5-11-28)22-25-26-27-29(22)15-18-7-6-12-31-18/h8-9,13-14,18,21H,2-7,10-12,15H2,1H3,(H,24,30)/t18-,21-/m0/s1. The molecule has 8 heteroatoms. The zero-order valence-electron chi connectivity index (χ0n) is 18.1. The van der Waals surface area contributed by atoms with Crippen molar-refractivity contribution in [3.05, 3.63) is 51.6 Å². The van der Waals surface area contributed by atoms with E-state index in [0.717, 1.165) is 62.1 Å². The second-order valence-electron chi connectivity index (χ2n) is 8.85. The van der Waals surface area contributed by atoms with Crippen LogP contribution in [0.1, 0.15) is 61.5 Å². The van der Waals surface area contributed by atoms with Crippen LogP contribution in [0.15, 0.2) is 29.1 Å². The minimum atomic E-state index is -0.275. The van der Waals surface area contributed by atoms with Gasteiger partial charge in [0.1, 0.15) is 6.04 Å². The highest BCUT2D eigenvalue weighted by Crippen LogP contribution is 2.29. The molecule has 1 N–H and O–H groups in total. The molecular weight excluding hydrogens is 392 g/mol. The van der Waals surface area contributed by atoms with E-state index in [9.17, 15) is 4.79 Å². The van der Waals surface area contributed by atoms with E-state index in [2.05, 4.69) is 38.4 Å². The Morgan fingerprint density at radius 2 is 2.00 bits per heavy atom. The predicted octanol–water partition coefficient (Wildman–Crippen LogP) is 2.97. The van der Waals surface area contributed by atoms with Crippen LogP contribution >= 0.6 is 0 Å². The number of likely N-dealkylation sites (tertiary alicyclic amines) is 1. The lowest BCUT2D eigenvalue weighted by molar-refractivity contribution is 0.0909. The van der Waals surface area contributed by atoms with E-state index < -0.39 is 0 Å². The van der Waals surface area contributed by atoms with Gasteiger partial charge in [-0.2, -0.15) is 0 Å². The molecule has 0 bridgehead atoms. The van der Waals surface area contributed by atoms with Gasteiger partial charge in [-0.05, 0) is 79.7 Å². The van der Waals surface area contributed by atoms with Crippen molar-refractivity contribution in [1.82, 2.24) is 30.1 Å². The summed E-state index contributed by atoms with van der Waals surface area (Å²) in [4.78, 5) is 18.7. The number of aromatic nitrogens is 5. The van der Waals surface area contributed by atoms with E-state index in [0.29, 0.717) is 12.1 Å². The normalized spacial score (nSPS) is 21.4. The predicted molar refractivity (Wildman–Crippen MR) is 118 cm³/mol. The molecule has 2 aromatic heterocycles. The van der Waals surface area contributed by atoms with Gasteiger partial charge in [-0.25, -0.2) is 4.68 Å². The van der Waals surface area contributed by atoms with Crippen molar-refractivity contribution in [2.24, 2.45) is 0 Å².